The van der Waals surface area contributed by atoms with E-state index in [1.54, 1.807) is 18.3 Å². The molecule has 1 aromatic heterocycles. The number of fused-ring (bicyclic) bond motifs is 1. The van der Waals surface area contributed by atoms with Crippen molar-refractivity contribution in [2.45, 2.75) is 33.2 Å². The summed E-state index contributed by atoms with van der Waals surface area (Å²) in [7, 11) is 1.38. The number of aromatic nitrogens is 2. The SMILES string of the molecule is CCC(CC)COc1ccc(Br)c(Cn2ncc3cc(C(=O)OC)ccc32)c1. The van der Waals surface area contributed by atoms with Crippen LogP contribution in [-0.4, -0.2) is 29.5 Å². The van der Waals surface area contributed by atoms with Gasteiger partial charge in [-0.15, -0.1) is 0 Å². The van der Waals surface area contributed by atoms with E-state index in [0.717, 1.165) is 46.1 Å². The highest BCUT2D eigenvalue weighted by Crippen LogP contribution is 2.26. The molecule has 28 heavy (non-hydrogen) atoms. The standard InChI is InChI=1S/C22H25BrN2O3/c1-4-15(5-2)14-28-19-7-8-20(23)18(11-19)13-25-21-9-6-16(22(26)27-3)10-17(21)12-24-25/h6-12,15H,4-5,13-14H2,1-3H3. The Kier molecular flexibility index (Phi) is 6.73. The number of carbonyl (C=O) groups excluding carboxylic acids is 1. The van der Waals surface area contributed by atoms with E-state index < -0.39 is 0 Å². The number of rotatable bonds is 8. The third-order valence-electron chi connectivity index (χ3n) is 5.04. The molecular formula is C22H25BrN2O3. The van der Waals surface area contributed by atoms with Crippen LogP contribution in [0.2, 0.25) is 0 Å². The van der Waals surface area contributed by atoms with Gasteiger partial charge in [-0.05, 0) is 47.9 Å². The Bertz CT molecular complexity index is 964. The lowest BCUT2D eigenvalue weighted by Gasteiger charge is -2.15. The topological polar surface area (TPSA) is 53.4 Å². The molecule has 0 bridgehead atoms. The van der Waals surface area contributed by atoms with Crippen LogP contribution in [0.5, 0.6) is 5.75 Å². The Morgan fingerprint density at radius 3 is 2.68 bits per heavy atom. The molecule has 3 aromatic rings. The van der Waals surface area contributed by atoms with Gasteiger partial charge in [-0.3, -0.25) is 4.68 Å². The fraction of sp³-hybridized carbons (Fsp3) is 0.364. The van der Waals surface area contributed by atoms with Crippen molar-refractivity contribution in [2.75, 3.05) is 13.7 Å². The number of hydrogen-bond donors (Lipinski definition) is 0. The summed E-state index contributed by atoms with van der Waals surface area (Å²) in [4.78, 5) is 11.7. The number of halogens is 1. The summed E-state index contributed by atoms with van der Waals surface area (Å²) in [6.07, 6.45) is 4.00. The first-order chi connectivity index (χ1) is 13.5. The van der Waals surface area contributed by atoms with Gasteiger partial charge in [0.25, 0.3) is 0 Å². The van der Waals surface area contributed by atoms with Crippen LogP contribution in [-0.2, 0) is 11.3 Å². The summed E-state index contributed by atoms with van der Waals surface area (Å²) < 4.78 is 13.7. The number of nitrogens with zero attached hydrogens (tertiary/aromatic N) is 2. The van der Waals surface area contributed by atoms with Gasteiger partial charge in [0.1, 0.15) is 5.75 Å². The number of methoxy groups -OCH3 is 1. The minimum Gasteiger partial charge on any atom is -0.493 e. The van der Waals surface area contributed by atoms with E-state index in [1.807, 2.05) is 22.9 Å². The molecule has 148 valence electrons. The average molecular weight is 445 g/mol. The zero-order chi connectivity index (χ0) is 20.1. The summed E-state index contributed by atoms with van der Waals surface area (Å²) >= 11 is 3.63. The van der Waals surface area contributed by atoms with E-state index in [2.05, 4.69) is 40.9 Å². The van der Waals surface area contributed by atoms with Crippen LogP contribution in [0.15, 0.2) is 47.1 Å². The van der Waals surface area contributed by atoms with Gasteiger partial charge in [-0.1, -0.05) is 42.6 Å². The van der Waals surface area contributed by atoms with Crippen LogP contribution in [0, 0.1) is 5.92 Å². The van der Waals surface area contributed by atoms with Crippen molar-refractivity contribution in [3.05, 3.63) is 58.2 Å². The number of hydrogen-bond acceptors (Lipinski definition) is 4. The molecule has 0 radical (unpaired) electrons. The maximum atomic E-state index is 11.7. The Hall–Kier alpha value is -2.34. The molecular weight excluding hydrogens is 420 g/mol. The molecule has 0 fully saturated rings. The monoisotopic (exact) mass is 444 g/mol. The van der Waals surface area contributed by atoms with Gasteiger partial charge >= 0.3 is 5.97 Å². The van der Waals surface area contributed by atoms with Crippen LogP contribution in [0.3, 0.4) is 0 Å². The van der Waals surface area contributed by atoms with Crippen molar-refractivity contribution < 1.29 is 14.3 Å². The predicted molar refractivity (Wildman–Crippen MR) is 114 cm³/mol. The van der Waals surface area contributed by atoms with Crippen molar-refractivity contribution in [1.82, 2.24) is 9.78 Å². The van der Waals surface area contributed by atoms with E-state index in [9.17, 15) is 4.79 Å². The van der Waals surface area contributed by atoms with Gasteiger partial charge < -0.3 is 9.47 Å². The van der Waals surface area contributed by atoms with Gasteiger partial charge in [0.15, 0.2) is 0 Å². The maximum Gasteiger partial charge on any atom is 0.337 e. The Morgan fingerprint density at radius 1 is 1.18 bits per heavy atom. The smallest absolute Gasteiger partial charge is 0.337 e. The first-order valence-corrected chi connectivity index (χ1v) is 10.3. The van der Waals surface area contributed by atoms with E-state index in [-0.39, 0.29) is 5.97 Å². The van der Waals surface area contributed by atoms with Gasteiger partial charge in [0, 0.05) is 9.86 Å². The maximum absolute atomic E-state index is 11.7. The summed E-state index contributed by atoms with van der Waals surface area (Å²) in [5.74, 6) is 1.10. The molecule has 0 aliphatic carbocycles. The summed E-state index contributed by atoms with van der Waals surface area (Å²) in [5, 5.41) is 5.39. The van der Waals surface area contributed by atoms with Gasteiger partial charge in [0.05, 0.1) is 37.5 Å². The molecule has 6 heteroatoms. The molecule has 0 saturated heterocycles. The molecule has 0 unspecified atom stereocenters. The second-order valence-electron chi connectivity index (χ2n) is 6.81. The quantitative estimate of drug-likeness (QED) is 0.433. The summed E-state index contributed by atoms with van der Waals surface area (Å²) in [6, 6.07) is 11.5. The average Bonchev–Trinajstić information content (AvgIpc) is 3.12. The molecule has 0 aliphatic rings. The van der Waals surface area contributed by atoms with Crippen molar-refractivity contribution >= 4 is 32.8 Å². The van der Waals surface area contributed by atoms with Crippen molar-refractivity contribution in [2.24, 2.45) is 5.92 Å². The Labute approximate surface area is 173 Å². The van der Waals surface area contributed by atoms with E-state index >= 15 is 0 Å². The van der Waals surface area contributed by atoms with Gasteiger partial charge in [-0.25, -0.2) is 4.79 Å². The second kappa shape index (κ2) is 9.24. The predicted octanol–water partition coefficient (Wildman–Crippen LogP) is 5.45. The lowest BCUT2D eigenvalue weighted by atomic mass is 10.1. The second-order valence-corrected chi connectivity index (χ2v) is 7.67. The van der Waals surface area contributed by atoms with Gasteiger partial charge in [-0.2, -0.15) is 5.10 Å². The van der Waals surface area contributed by atoms with Gasteiger partial charge in [0.2, 0.25) is 0 Å². The summed E-state index contributed by atoms with van der Waals surface area (Å²) in [6.45, 7) is 5.72. The Morgan fingerprint density at radius 2 is 1.96 bits per heavy atom. The minimum atomic E-state index is -0.347. The van der Waals surface area contributed by atoms with Crippen molar-refractivity contribution in [3.8, 4) is 5.75 Å². The molecule has 0 amide bonds. The highest BCUT2D eigenvalue weighted by atomic mass is 79.9. The molecule has 0 atom stereocenters. The number of benzene rings is 2. The largest absolute Gasteiger partial charge is 0.493 e. The number of ether oxygens (including phenoxy) is 2. The van der Waals surface area contributed by atoms with Crippen LogP contribution in [0.25, 0.3) is 10.9 Å². The zero-order valence-corrected chi connectivity index (χ0v) is 18.0. The minimum absolute atomic E-state index is 0.347. The lowest BCUT2D eigenvalue weighted by molar-refractivity contribution is 0.0601. The third kappa shape index (κ3) is 4.55. The lowest BCUT2D eigenvalue weighted by Crippen LogP contribution is -2.10. The van der Waals surface area contributed by atoms with Crippen LogP contribution in [0.4, 0.5) is 0 Å². The third-order valence-corrected chi connectivity index (χ3v) is 5.81. The van der Waals surface area contributed by atoms with Crippen molar-refractivity contribution in [3.63, 3.8) is 0 Å². The molecule has 5 nitrogen and oxygen atoms in total. The number of esters is 1. The first-order valence-electron chi connectivity index (χ1n) is 9.50. The fourth-order valence-electron chi connectivity index (χ4n) is 3.12. The first kappa shape index (κ1) is 20.4. The van der Waals surface area contributed by atoms with Crippen LogP contribution in [0.1, 0.15) is 42.6 Å². The fourth-order valence-corrected chi connectivity index (χ4v) is 3.49. The van der Waals surface area contributed by atoms with E-state index in [4.69, 9.17) is 9.47 Å². The molecule has 3 rings (SSSR count). The molecule has 0 aliphatic heterocycles. The molecule has 2 aromatic carbocycles. The van der Waals surface area contributed by atoms with E-state index in [1.165, 1.54) is 7.11 Å². The normalized spacial score (nSPS) is 11.2. The van der Waals surface area contributed by atoms with Crippen LogP contribution < -0.4 is 4.74 Å². The summed E-state index contributed by atoms with van der Waals surface area (Å²) in [5.41, 5.74) is 2.57. The van der Waals surface area contributed by atoms with E-state index in [0.29, 0.717) is 18.0 Å². The number of carbonyl (C=O) groups is 1. The highest BCUT2D eigenvalue weighted by molar-refractivity contribution is 9.10. The zero-order valence-electron chi connectivity index (χ0n) is 16.4. The van der Waals surface area contributed by atoms with Crippen molar-refractivity contribution in [1.29, 1.82) is 0 Å². The van der Waals surface area contributed by atoms with Crippen LogP contribution >= 0.6 is 15.9 Å². The Balaban J connectivity index is 1.81. The molecule has 0 saturated carbocycles. The molecule has 1 heterocycles. The molecule has 0 spiro atoms. The molecule has 0 N–H and O–H groups in total. The highest BCUT2D eigenvalue weighted by Gasteiger charge is 2.11.